The molecule has 0 heterocycles. The van der Waals surface area contributed by atoms with Gasteiger partial charge in [0.25, 0.3) is 0 Å². The maximum atomic E-state index is 11.5. The Hall–Kier alpha value is -0.600. The molecule has 1 fully saturated rings. The molecule has 0 saturated heterocycles. The fourth-order valence-electron chi connectivity index (χ4n) is 2.19. The summed E-state index contributed by atoms with van der Waals surface area (Å²) in [4.78, 5) is 0. The van der Waals surface area contributed by atoms with Crippen LogP contribution in [-0.2, 0) is 10.0 Å². The Kier molecular flexibility index (Phi) is 4.34. The van der Waals surface area contributed by atoms with Crippen molar-refractivity contribution in [3.05, 3.63) is 0 Å². The molecule has 0 atom stereocenters. The van der Waals surface area contributed by atoms with Crippen LogP contribution in [-0.4, -0.2) is 19.7 Å². The van der Waals surface area contributed by atoms with Crippen LogP contribution in [0.4, 0.5) is 0 Å². The molecule has 0 bridgehead atoms. The molecular weight excluding hydrogens is 224 g/mol. The van der Waals surface area contributed by atoms with E-state index in [2.05, 4.69) is 17.7 Å². The molecule has 1 aliphatic rings. The molecule has 0 aromatic heterocycles. The first kappa shape index (κ1) is 13.5. The van der Waals surface area contributed by atoms with Crippen molar-refractivity contribution in [3.8, 4) is 6.07 Å². The van der Waals surface area contributed by atoms with Gasteiger partial charge in [-0.2, -0.15) is 9.98 Å². The minimum atomic E-state index is -3.29. The number of nitrogens with zero attached hydrogens (tertiary/aromatic N) is 1. The van der Waals surface area contributed by atoms with Crippen molar-refractivity contribution >= 4 is 10.0 Å². The smallest absolute Gasteiger partial charge is 0.212 e. The predicted molar refractivity (Wildman–Crippen MR) is 63.2 cm³/mol. The summed E-state index contributed by atoms with van der Waals surface area (Å²) >= 11 is 0. The number of nitriles is 1. The molecule has 0 aliphatic heterocycles. The van der Waals surface area contributed by atoms with Crippen LogP contribution in [0.15, 0.2) is 0 Å². The zero-order valence-corrected chi connectivity index (χ0v) is 10.8. The second-order valence-corrected chi connectivity index (χ2v) is 6.56. The van der Waals surface area contributed by atoms with Crippen molar-refractivity contribution in [2.24, 2.45) is 5.92 Å². The molecule has 0 unspecified atom stereocenters. The molecule has 1 aliphatic carbocycles. The summed E-state index contributed by atoms with van der Waals surface area (Å²) in [5.41, 5.74) is -0.847. The summed E-state index contributed by atoms with van der Waals surface area (Å²) in [6.07, 6.45) is 4.27. The van der Waals surface area contributed by atoms with Crippen molar-refractivity contribution in [2.75, 3.05) is 5.75 Å². The van der Waals surface area contributed by atoms with E-state index in [0.717, 1.165) is 19.3 Å². The van der Waals surface area contributed by atoms with Crippen molar-refractivity contribution in [3.63, 3.8) is 0 Å². The van der Waals surface area contributed by atoms with E-state index in [-0.39, 0.29) is 5.75 Å². The molecule has 92 valence electrons. The van der Waals surface area contributed by atoms with Crippen LogP contribution >= 0.6 is 0 Å². The highest BCUT2D eigenvalue weighted by Gasteiger charge is 2.37. The minimum absolute atomic E-state index is 0.0354. The summed E-state index contributed by atoms with van der Waals surface area (Å²) in [6, 6.07) is 2.16. The predicted octanol–water partition coefficient (Wildman–Crippen LogP) is 1.79. The van der Waals surface area contributed by atoms with Gasteiger partial charge in [-0.1, -0.05) is 13.3 Å². The largest absolute Gasteiger partial charge is 0.212 e. The Balaban J connectivity index is 2.72. The topological polar surface area (TPSA) is 70.0 Å². The maximum absolute atomic E-state index is 11.5. The molecule has 1 saturated carbocycles. The first-order chi connectivity index (χ1) is 7.47. The number of rotatable bonds is 4. The summed E-state index contributed by atoms with van der Waals surface area (Å²) in [6.45, 7) is 3.73. The highest BCUT2D eigenvalue weighted by Crippen LogP contribution is 2.33. The van der Waals surface area contributed by atoms with Gasteiger partial charge < -0.3 is 0 Å². The van der Waals surface area contributed by atoms with Gasteiger partial charge in [0, 0.05) is 0 Å². The van der Waals surface area contributed by atoms with Gasteiger partial charge in [-0.25, -0.2) is 8.42 Å². The number of hydrogen-bond donors (Lipinski definition) is 1. The summed E-state index contributed by atoms with van der Waals surface area (Å²) in [7, 11) is -3.29. The van der Waals surface area contributed by atoms with E-state index in [1.807, 2.05) is 0 Å². The summed E-state index contributed by atoms with van der Waals surface area (Å²) < 4.78 is 25.6. The monoisotopic (exact) mass is 244 g/mol. The second kappa shape index (κ2) is 5.15. The maximum Gasteiger partial charge on any atom is 0.212 e. The second-order valence-electron chi connectivity index (χ2n) is 4.55. The molecule has 4 nitrogen and oxygen atoms in total. The van der Waals surface area contributed by atoms with Gasteiger partial charge in [-0.3, -0.25) is 0 Å². The molecule has 0 amide bonds. The molecule has 1 rings (SSSR count). The van der Waals surface area contributed by atoms with Gasteiger partial charge in [0.15, 0.2) is 0 Å². The first-order valence-corrected chi connectivity index (χ1v) is 7.55. The van der Waals surface area contributed by atoms with Gasteiger partial charge in [-0.05, 0) is 38.5 Å². The van der Waals surface area contributed by atoms with E-state index in [4.69, 9.17) is 0 Å². The normalized spacial score (nSPS) is 30.9. The SMILES string of the molecule is CCC1CCC(C#N)(NS(=O)(=O)CC)CC1. The van der Waals surface area contributed by atoms with Gasteiger partial charge in [-0.15, -0.1) is 0 Å². The Morgan fingerprint density at radius 3 is 2.31 bits per heavy atom. The molecule has 5 heteroatoms. The van der Waals surface area contributed by atoms with E-state index in [1.165, 1.54) is 0 Å². The number of sulfonamides is 1. The summed E-state index contributed by atoms with van der Waals surface area (Å²) in [5.74, 6) is 0.681. The van der Waals surface area contributed by atoms with Crippen LogP contribution in [0, 0.1) is 17.2 Å². The average Bonchev–Trinajstić information content (AvgIpc) is 2.29. The van der Waals surface area contributed by atoms with Crippen LogP contribution in [0.3, 0.4) is 0 Å². The third-order valence-corrected chi connectivity index (χ3v) is 4.94. The molecule has 1 N–H and O–H groups in total. The fourth-order valence-corrected chi connectivity index (χ4v) is 3.17. The first-order valence-electron chi connectivity index (χ1n) is 5.90. The average molecular weight is 244 g/mol. The minimum Gasteiger partial charge on any atom is -0.212 e. The standard InChI is InChI=1S/C11H20N2O2S/c1-3-10-5-7-11(9-12,8-6-10)13-16(14,15)4-2/h10,13H,3-8H2,1-2H3. The lowest BCUT2D eigenvalue weighted by Gasteiger charge is -2.34. The summed E-state index contributed by atoms with van der Waals surface area (Å²) in [5, 5.41) is 9.18. The molecular formula is C11H20N2O2S. The molecule has 0 aromatic carbocycles. The van der Waals surface area contributed by atoms with Crippen LogP contribution < -0.4 is 4.72 Å². The van der Waals surface area contributed by atoms with Gasteiger partial charge in [0.1, 0.15) is 5.54 Å². The molecule has 0 aromatic rings. The van der Waals surface area contributed by atoms with E-state index in [1.54, 1.807) is 6.92 Å². The highest BCUT2D eigenvalue weighted by molar-refractivity contribution is 7.89. The lowest BCUT2D eigenvalue weighted by molar-refractivity contribution is 0.259. The number of nitrogens with one attached hydrogen (secondary N) is 1. The Morgan fingerprint density at radius 1 is 1.38 bits per heavy atom. The molecule has 0 radical (unpaired) electrons. The quantitative estimate of drug-likeness (QED) is 0.819. The number of hydrogen-bond acceptors (Lipinski definition) is 3. The van der Waals surface area contributed by atoms with Crippen LogP contribution in [0.5, 0.6) is 0 Å². The van der Waals surface area contributed by atoms with Crippen molar-refractivity contribution < 1.29 is 8.42 Å². The Labute approximate surface area is 98.1 Å². The molecule has 0 spiro atoms. The van der Waals surface area contributed by atoms with Gasteiger partial charge >= 0.3 is 0 Å². The van der Waals surface area contributed by atoms with Crippen LogP contribution in [0.25, 0.3) is 0 Å². The highest BCUT2D eigenvalue weighted by atomic mass is 32.2. The Bertz CT molecular complexity index is 362. The van der Waals surface area contributed by atoms with Gasteiger partial charge in [0.05, 0.1) is 11.8 Å². The van der Waals surface area contributed by atoms with Crippen molar-refractivity contribution in [1.29, 1.82) is 5.26 Å². The lowest BCUT2D eigenvalue weighted by Crippen LogP contribution is -2.50. The van der Waals surface area contributed by atoms with E-state index in [0.29, 0.717) is 18.8 Å². The van der Waals surface area contributed by atoms with Crippen LogP contribution in [0.1, 0.15) is 46.0 Å². The fraction of sp³-hybridized carbons (Fsp3) is 0.909. The zero-order valence-electron chi connectivity index (χ0n) is 9.99. The molecule has 16 heavy (non-hydrogen) atoms. The third kappa shape index (κ3) is 3.19. The van der Waals surface area contributed by atoms with E-state index >= 15 is 0 Å². The van der Waals surface area contributed by atoms with E-state index in [9.17, 15) is 13.7 Å². The van der Waals surface area contributed by atoms with Crippen LogP contribution in [0.2, 0.25) is 0 Å². The Morgan fingerprint density at radius 2 is 1.94 bits per heavy atom. The third-order valence-electron chi connectivity index (χ3n) is 3.48. The van der Waals surface area contributed by atoms with Crippen molar-refractivity contribution in [2.45, 2.75) is 51.5 Å². The lowest BCUT2D eigenvalue weighted by atomic mass is 9.77. The van der Waals surface area contributed by atoms with Gasteiger partial charge in [0.2, 0.25) is 10.0 Å². The zero-order chi connectivity index (χ0) is 12.2. The van der Waals surface area contributed by atoms with Crippen molar-refractivity contribution in [1.82, 2.24) is 4.72 Å². The van der Waals surface area contributed by atoms with E-state index < -0.39 is 15.6 Å².